The number of nitrogens with zero attached hydrogens (tertiary/aromatic N) is 2. The SMILES string of the molecule is C=Cc1c(F)c(N2C[C@@H]3CCCN[C@@H]3C2)c(F)c2c1c(=O)c(OC(=O)O)cn2C1CC1. The minimum absolute atomic E-state index is 0.0284. The van der Waals surface area contributed by atoms with Crippen LogP contribution in [0, 0.1) is 17.6 Å². The summed E-state index contributed by atoms with van der Waals surface area (Å²) in [4.78, 5) is 25.7. The van der Waals surface area contributed by atoms with E-state index in [9.17, 15) is 9.59 Å². The average Bonchev–Trinajstić information content (AvgIpc) is 3.49. The third-order valence-electron chi connectivity index (χ3n) is 6.59. The van der Waals surface area contributed by atoms with Crippen LogP contribution >= 0.6 is 0 Å². The van der Waals surface area contributed by atoms with Gasteiger partial charge in [0.15, 0.2) is 17.4 Å². The van der Waals surface area contributed by atoms with Crippen molar-refractivity contribution < 1.29 is 23.4 Å². The first-order chi connectivity index (χ1) is 14.9. The van der Waals surface area contributed by atoms with Crippen molar-refractivity contribution in [1.82, 2.24) is 9.88 Å². The number of hydrogen-bond donors (Lipinski definition) is 2. The molecule has 7 nitrogen and oxygen atoms in total. The number of pyridine rings is 1. The lowest BCUT2D eigenvalue weighted by Crippen LogP contribution is -2.40. The minimum atomic E-state index is -1.66. The summed E-state index contributed by atoms with van der Waals surface area (Å²) in [5, 5.41) is 12.2. The molecule has 9 heteroatoms. The highest BCUT2D eigenvalue weighted by molar-refractivity contribution is 5.93. The Kier molecular flexibility index (Phi) is 4.73. The Balaban J connectivity index is 1.76. The fourth-order valence-corrected chi connectivity index (χ4v) is 5.03. The van der Waals surface area contributed by atoms with Crippen LogP contribution in [0.1, 0.15) is 37.3 Å². The van der Waals surface area contributed by atoms with Crippen molar-refractivity contribution in [3.63, 3.8) is 0 Å². The second kappa shape index (κ2) is 7.33. The van der Waals surface area contributed by atoms with Gasteiger partial charge in [0, 0.05) is 30.7 Å². The molecule has 3 aliphatic rings. The zero-order valence-electron chi connectivity index (χ0n) is 16.9. The zero-order chi connectivity index (χ0) is 21.9. The van der Waals surface area contributed by atoms with E-state index in [4.69, 9.17) is 5.11 Å². The van der Waals surface area contributed by atoms with Crippen molar-refractivity contribution in [2.24, 2.45) is 5.92 Å². The predicted octanol–water partition coefficient (Wildman–Crippen LogP) is 3.50. The van der Waals surface area contributed by atoms with Gasteiger partial charge in [-0.15, -0.1) is 0 Å². The Bertz CT molecular complexity index is 1140. The molecule has 164 valence electrons. The minimum Gasteiger partial charge on any atom is -0.449 e. The number of carboxylic acid groups (broad SMARTS) is 1. The van der Waals surface area contributed by atoms with Crippen molar-refractivity contribution in [3.05, 3.63) is 40.2 Å². The van der Waals surface area contributed by atoms with E-state index in [1.165, 1.54) is 16.8 Å². The molecule has 2 N–H and O–H groups in total. The first-order valence-corrected chi connectivity index (χ1v) is 10.5. The molecule has 3 heterocycles. The fourth-order valence-electron chi connectivity index (χ4n) is 5.03. The maximum atomic E-state index is 15.9. The van der Waals surface area contributed by atoms with Gasteiger partial charge in [0.1, 0.15) is 5.69 Å². The number of carbonyl (C=O) groups is 1. The van der Waals surface area contributed by atoms with Gasteiger partial charge in [-0.3, -0.25) is 4.79 Å². The van der Waals surface area contributed by atoms with Crippen LogP contribution in [0.2, 0.25) is 0 Å². The van der Waals surface area contributed by atoms with E-state index in [1.807, 2.05) is 0 Å². The standard InChI is InChI=1S/C22H23F2N3O4/c1-2-13-16-19(27(12-5-6-12)10-15(21(16)28)31-22(29)30)18(24)20(17(13)23)26-8-11-4-3-7-25-14(11)9-26/h2,10-12,14,25H,1,3-9H2,(H,29,30)/t11-,14+/m0/s1. The lowest BCUT2D eigenvalue weighted by Gasteiger charge is -2.24. The molecule has 1 saturated carbocycles. The molecule has 0 spiro atoms. The van der Waals surface area contributed by atoms with Gasteiger partial charge in [-0.1, -0.05) is 12.7 Å². The van der Waals surface area contributed by atoms with Crippen LogP contribution in [-0.4, -0.2) is 41.5 Å². The molecule has 1 aliphatic carbocycles. The van der Waals surface area contributed by atoms with Gasteiger partial charge in [0.25, 0.3) is 0 Å². The van der Waals surface area contributed by atoms with Crippen LogP contribution in [0.3, 0.4) is 0 Å². The Hall–Kier alpha value is -2.94. The van der Waals surface area contributed by atoms with E-state index in [1.54, 1.807) is 4.90 Å². The van der Waals surface area contributed by atoms with Crippen LogP contribution in [0.25, 0.3) is 17.0 Å². The molecule has 1 aromatic carbocycles. The maximum absolute atomic E-state index is 15.9. The van der Waals surface area contributed by atoms with Gasteiger partial charge in [0.2, 0.25) is 5.43 Å². The molecule has 5 rings (SSSR count). The first kappa shape index (κ1) is 20.0. The molecule has 0 bridgehead atoms. The highest BCUT2D eigenvalue weighted by Gasteiger charge is 2.38. The van der Waals surface area contributed by atoms with Crippen molar-refractivity contribution in [2.75, 3.05) is 24.5 Å². The number of hydrogen-bond acceptors (Lipinski definition) is 5. The summed E-state index contributed by atoms with van der Waals surface area (Å²) in [6.45, 7) is 5.54. The number of ether oxygens (including phenoxy) is 1. The average molecular weight is 431 g/mol. The van der Waals surface area contributed by atoms with Crippen molar-refractivity contribution >= 4 is 28.8 Å². The van der Waals surface area contributed by atoms with E-state index < -0.39 is 29.0 Å². The highest BCUT2D eigenvalue weighted by atomic mass is 19.1. The Morgan fingerprint density at radius 1 is 1.26 bits per heavy atom. The van der Waals surface area contributed by atoms with Crippen molar-refractivity contribution in [2.45, 2.75) is 37.8 Å². The second-order valence-electron chi connectivity index (χ2n) is 8.51. The van der Waals surface area contributed by atoms with Gasteiger partial charge < -0.3 is 24.6 Å². The Morgan fingerprint density at radius 2 is 2.03 bits per heavy atom. The maximum Gasteiger partial charge on any atom is 0.511 e. The van der Waals surface area contributed by atoms with Crippen LogP contribution in [0.15, 0.2) is 17.6 Å². The summed E-state index contributed by atoms with van der Waals surface area (Å²) < 4.78 is 37.7. The molecule has 0 amide bonds. The Labute approximate surface area is 176 Å². The normalized spacial score (nSPS) is 23.1. The third kappa shape index (κ3) is 3.18. The lowest BCUT2D eigenvalue weighted by molar-refractivity contribution is 0.143. The van der Waals surface area contributed by atoms with Crippen molar-refractivity contribution in [1.29, 1.82) is 0 Å². The summed E-state index contributed by atoms with van der Waals surface area (Å²) in [6, 6.07) is 0.0694. The van der Waals surface area contributed by atoms with Gasteiger partial charge in [-0.05, 0) is 38.1 Å². The second-order valence-corrected chi connectivity index (χ2v) is 8.51. The third-order valence-corrected chi connectivity index (χ3v) is 6.59. The number of benzene rings is 1. The van der Waals surface area contributed by atoms with Gasteiger partial charge in [-0.2, -0.15) is 0 Å². The van der Waals surface area contributed by atoms with Crippen LogP contribution in [-0.2, 0) is 0 Å². The van der Waals surface area contributed by atoms with E-state index >= 15 is 8.78 Å². The molecule has 1 aromatic heterocycles. The molecule has 2 saturated heterocycles. The quantitative estimate of drug-likeness (QED) is 0.721. The molecular weight excluding hydrogens is 408 g/mol. The monoisotopic (exact) mass is 431 g/mol. The number of piperidine rings is 1. The number of anilines is 1. The smallest absolute Gasteiger partial charge is 0.449 e. The van der Waals surface area contributed by atoms with Gasteiger partial charge in [-0.25, -0.2) is 13.6 Å². The summed E-state index contributed by atoms with van der Waals surface area (Å²) in [6.07, 6.45) is 4.27. The molecular formula is C22H23F2N3O4. The van der Waals surface area contributed by atoms with E-state index in [-0.39, 0.29) is 34.2 Å². The molecule has 2 aromatic rings. The number of rotatable bonds is 4. The molecule has 0 unspecified atom stereocenters. The van der Waals surface area contributed by atoms with Crippen LogP contribution in [0.5, 0.6) is 5.75 Å². The summed E-state index contributed by atoms with van der Waals surface area (Å²) >= 11 is 0. The molecule has 2 aliphatic heterocycles. The summed E-state index contributed by atoms with van der Waals surface area (Å²) in [5.74, 6) is -1.82. The predicted molar refractivity (Wildman–Crippen MR) is 112 cm³/mol. The van der Waals surface area contributed by atoms with Crippen LogP contribution < -0.4 is 20.4 Å². The topological polar surface area (TPSA) is 83.8 Å². The lowest BCUT2D eigenvalue weighted by atomic mass is 9.94. The number of fused-ring (bicyclic) bond motifs is 2. The fraction of sp³-hybridized carbons (Fsp3) is 0.455. The van der Waals surface area contributed by atoms with Gasteiger partial charge >= 0.3 is 6.16 Å². The number of nitrogens with one attached hydrogen (secondary N) is 1. The molecule has 31 heavy (non-hydrogen) atoms. The highest BCUT2D eigenvalue weighted by Crippen LogP contribution is 2.43. The van der Waals surface area contributed by atoms with E-state index in [2.05, 4.69) is 16.6 Å². The molecule has 0 radical (unpaired) electrons. The summed E-state index contributed by atoms with van der Waals surface area (Å²) in [5.41, 5.74) is -1.19. The van der Waals surface area contributed by atoms with Crippen molar-refractivity contribution in [3.8, 4) is 5.75 Å². The van der Waals surface area contributed by atoms with Gasteiger partial charge in [0.05, 0.1) is 17.1 Å². The summed E-state index contributed by atoms with van der Waals surface area (Å²) in [7, 11) is 0. The number of aromatic nitrogens is 1. The molecule has 2 atom stereocenters. The van der Waals surface area contributed by atoms with E-state index in [0.29, 0.717) is 19.0 Å². The van der Waals surface area contributed by atoms with E-state index in [0.717, 1.165) is 32.2 Å². The zero-order valence-corrected chi connectivity index (χ0v) is 16.9. The largest absolute Gasteiger partial charge is 0.511 e. The molecule has 3 fully saturated rings. The van der Waals surface area contributed by atoms with Crippen LogP contribution in [0.4, 0.5) is 19.3 Å². The Morgan fingerprint density at radius 3 is 2.68 bits per heavy atom. The number of halogens is 2. The first-order valence-electron chi connectivity index (χ1n) is 10.5.